The van der Waals surface area contributed by atoms with Crippen LogP contribution in [0.15, 0.2) is 54.6 Å². The molecule has 3 rings (SSSR count). The Hall–Kier alpha value is -3.41. The number of hydrogen-bond acceptors (Lipinski definition) is 4. The SMILES string of the molecule is N=C(N)NC(=O)c1cc(-c2ccccc2)nc2cccc(O)c12. The van der Waals surface area contributed by atoms with Gasteiger partial charge in [0, 0.05) is 5.56 Å². The zero-order valence-corrected chi connectivity index (χ0v) is 12.1. The van der Waals surface area contributed by atoms with Gasteiger partial charge in [-0.3, -0.25) is 15.5 Å². The van der Waals surface area contributed by atoms with E-state index in [-0.39, 0.29) is 11.3 Å². The normalized spacial score (nSPS) is 10.4. The summed E-state index contributed by atoms with van der Waals surface area (Å²) in [7, 11) is 0. The van der Waals surface area contributed by atoms with E-state index in [0.29, 0.717) is 16.6 Å². The number of nitrogens with one attached hydrogen (secondary N) is 2. The van der Waals surface area contributed by atoms with Crippen molar-refractivity contribution in [3.63, 3.8) is 0 Å². The number of nitrogens with zero attached hydrogens (tertiary/aromatic N) is 1. The summed E-state index contributed by atoms with van der Waals surface area (Å²) in [5.74, 6) is -1.08. The van der Waals surface area contributed by atoms with Crippen LogP contribution in [0.4, 0.5) is 0 Å². The monoisotopic (exact) mass is 306 g/mol. The third-order valence-corrected chi connectivity index (χ3v) is 3.37. The number of carbonyl (C=O) groups is 1. The average Bonchev–Trinajstić information content (AvgIpc) is 2.54. The Balaban J connectivity index is 2.26. The van der Waals surface area contributed by atoms with Crippen LogP contribution in [0, 0.1) is 5.41 Å². The number of pyridine rings is 1. The Labute approximate surface area is 132 Å². The lowest BCUT2D eigenvalue weighted by Crippen LogP contribution is -2.35. The Bertz CT molecular complexity index is 907. The van der Waals surface area contributed by atoms with Crippen LogP contribution in [0.1, 0.15) is 10.4 Å². The van der Waals surface area contributed by atoms with Crippen LogP contribution in [-0.4, -0.2) is 22.0 Å². The van der Waals surface area contributed by atoms with Gasteiger partial charge < -0.3 is 10.8 Å². The van der Waals surface area contributed by atoms with E-state index < -0.39 is 11.9 Å². The smallest absolute Gasteiger partial charge is 0.258 e. The number of fused-ring (bicyclic) bond motifs is 1. The Kier molecular flexibility index (Phi) is 3.64. The average molecular weight is 306 g/mol. The molecule has 0 radical (unpaired) electrons. The molecule has 1 heterocycles. The molecule has 23 heavy (non-hydrogen) atoms. The number of nitrogens with two attached hydrogens (primary N) is 1. The van der Waals surface area contributed by atoms with Crippen molar-refractivity contribution in [1.82, 2.24) is 10.3 Å². The molecule has 114 valence electrons. The molecule has 3 aromatic rings. The minimum Gasteiger partial charge on any atom is -0.507 e. The third-order valence-electron chi connectivity index (χ3n) is 3.37. The highest BCUT2D eigenvalue weighted by molar-refractivity contribution is 6.13. The molecule has 5 N–H and O–H groups in total. The maximum Gasteiger partial charge on any atom is 0.258 e. The minimum atomic E-state index is -0.566. The van der Waals surface area contributed by atoms with Crippen LogP contribution in [0.2, 0.25) is 0 Å². The third kappa shape index (κ3) is 2.82. The van der Waals surface area contributed by atoms with Crippen LogP contribution < -0.4 is 11.1 Å². The quantitative estimate of drug-likeness (QED) is 0.429. The van der Waals surface area contributed by atoms with Crippen LogP contribution >= 0.6 is 0 Å². The summed E-state index contributed by atoms with van der Waals surface area (Å²) in [4.78, 5) is 16.8. The standard InChI is InChI=1S/C17H14N4O2/c18-17(19)21-16(23)11-9-13(10-5-2-1-3-6-10)20-12-7-4-8-14(22)15(11)12/h1-9,22H,(H4,18,19,21,23). The van der Waals surface area contributed by atoms with Gasteiger partial charge in [-0.05, 0) is 18.2 Å². The number of phenols is 1. The van der Waals surface area contributed by atoms with Gasteiger partial charge in [0.05, 0.1) is 22.2 Å². The number of amides is 1. The predicted molar refractivity (Wildman–Crippen MR) is 88.2 cm³/mol. The van der Waals surface area contributed by atoms with E-state index in [0.717, 1.165) is 5.56 Å². The van der Waals surface area contributed by atoms with E-state index in [4.69, 9.17) is 11.1 Å². The first-order chi connectivity index (χ1) is 11.1. The van der Waals surface area contributed by atoms with E-state index >= 15 is 0 Å². The number of guanidine groups is 1. The van der Waals surface area contributed by atoms with Gasteiger partial charge in [-0.2, -0.15) is 0 Å². The van der Waals surface area contributed by atoms with Crippen molar-refractivity contribution < 1.29 is 9.90 Å². The van der Waals surface area contributed by atoms with E-state index in [1.165, 1.54) is 6.07 Å². The summed E-state index contributed by atoms with van der Waals surface area (Å²) in [6.45, 7) is 0. The maximum absolute atomic E-state index is 12.3. The first-order valence-electron chi connectivity index (χ1n) is 6.90. The number of carbonyl (C=O) groups excluding carboxylic acids is 1. The molecule has 0 aliphatic carbocycles. The number of benzene rings is 2. The van der Waals surface area contributed by atoms with Gasteiger partial charge >= 0.3 is 0 Å². The summed E-state index contributed by atoms with van der Waals surface area (Å²) in [5.41, 5.74) is 7.37. The molecular formula is C17H14N4O2. The lowest BCUT2D eigenvalue weighted by atomic mass is 10.0. The topological polar surface area (TPSA) is 112 Å². The fourth-order valence-electron chi connectivity index (χ4n) is 2.39. The molecule has 0 atom stereocenters. The van der Waals surface area contributed by atoms with Gasteiger partial charge in [0.2, 0.25) is 0 Å². The Morgan fingerprint density at radius 1 is 1.13 bits per heavy atom. The summed E-state index contributed by atoms with van der Waals surface area (Å²) in [6, 6.07) is 15.8. The van der Waals surface area contributed by atoms with Crippen molar-refractivity contribution in [2.24, 2.45) is 5.73 Å². The molecule has 6 nitrogen and oxygen atoms in total. The number of rotatable bonds is 2. The molecule has 0 saturated carbocycles. The first kappa shape index (κ1) is 14.5. The lowest BCUT2D eigenvalue weighted by molar-refractivity contribution is 0.0978. The van der Waals surface area contributed by atoms with Gasteiger partial charge in [0.1, 0.15) is 5.75 Å². The van der Waals surface area contributed by atoms with Gasteiger partial charge in [-0.1, -0.05) is 36.4 Å². The van der Waals surface area contributed by atoms with E-state index in [2.05, 4.69) is 10.3 Å². The van der Waals surface area contributed by atoms with Crippen molar-refractivity contribution in [3.05, 3.63) is 60.2 Å². The fraction of sp³-hybridized carbons (Fsp3) is 0. The molecule has 1 aromatic heterocycles. The first-order valence-corrected chi connectivity index (χ1v) is 6.90. The van der Waals surface area contributed by atoms with Gasteiger partial charge in [-0.15, -0.1) is 0 Å². The van der Waals surface area contributed by atoms with Gasteiger partial charge in [-0.25, -0.2) is 4.98 Å². The number of aromatic hydroxyl groups is 1. The minimum absolute atomic E-state index is 0.0525. The molecule has 2 aromatic carbocycles. The van der Waals surface area contributed by atoms with Crippen molar-refractivity contribution in [1.29, 1.82) is 5.41 Å². The number of aromatic nitrogens is 1. The van der Waals surface area contributed by atoms with Crippen molar-refractivity contribution in [2.75, 3.05) is 0 Å². The molecule has 0 aliphatic heterocycles. The summed E-state index contributed by atoms with van der Waals surface area (Å²) < 4.78 is 0. The molecule has 0 aliphatic rings. The Morgan fingerprint density at radius 2 is 1.87 bits per heavy atom. The van der Waals surface area contributed by atoms with Crippen LogP contribution in [-0.2, 0) is 0 Å². The highest BCUT2D eigenvalue weighted by Gasteiger charge is 2.17. The zero-order chi connectivity index (χ0) is 16.4. The molecule has 0 bridgehead atoms. The van der Waals surface area contributed by atoms with E-state index in [9.17, 15) is 9.90 Å². The second-order valence-corrected chi connectivity index (χ2v) is 4.96. The number of phenolic OH excluding ortho intramolecular Hbond substituents is 1. The van der Waals surface area contributed by atoms with Crippen LogP contribution in [0.3, 0.4) is 0 Å². The van der Waals surface area contributed by atoms with Crippen molar-refractivity contribution in [2.45, 2.75) is 0 Å². The fourth-order valence-corrected chi connectivity index (χ4v) is 2.39. The summed E-state index contributed by atoms with van der Waals surface area (Å²) >= 11 is 0. The molecule has 0 saturated heterocycles. The maximum atomic E-state index is 12.3. The molecule has 0 fully saturated rings. The van der Waals surface area contributed by atoms with Gasteiger partial charge in [0.25, 0.3) is 5.91 Å². The largest absolute Gasteiger partial charge is 0.507 e. The summed E-state index contributed by atoms with van der Waals surface area (Å²) in [5, 5.41) is 19.9. The molecule has 0 spiro atoms. The molecular weight excluding hydrogens is 292 g/mol. The van der Waals surface area contributed by atoms with Gasteiger partial charge in [0.15, 0.2) is 5.96 Å². The van der Waals surface area contributed by atoms with Crippen LogP contribution in [0.25, 0.3) is 22.2 Å². The number of hydrogen-bond donors (Lipinski definition) is 4. The highest BCUT2D eigenvalue weighted by atomic mass is 16.3. The molecule has 1 amide bonds. The molecule has 0 unspecified atom stereocenters. The van der Waals surface area contributed by atoms with E-state index in [1.807, 2.05) is 30.3 Å². The van der Waals surface area contributed by atoms with Crippen molar-refractivity contribution in [3.8, 4) is 17.0 Å². The highest BCUT2D eigenvalue weighted by Crippen LogP contribution is 2.30. The predicted octanol–water partition coefficient (Wildman–Crippen LogP) is 2.23. The van der Waals surface area contributed by atoms with Crippen LogP contribution in [0.5, 0.6) is 5.75 Å². The second kappa shape index (κ2) is 5.76. The Morgan fingerprint density at radius 3 is 2.57 bits per heavy atom. The lowest BCUT2D eigenvalue weighted by Gasteiger charge is -2.11. The summed E-state index contributed by atoms with van der Waals surface area (Å²) in [6.07, 6.45) is 0. The van der Waals surface area contributed by atoms with E-state index in [1.54, 1.807) is 18.2 Å². The second-order valence-electron chi connectivity index (χ2n) is 4.96. The molecule has 6 heteroatoms. The van der Waals surface area contributed by atoms with Crippen molar-refractivity contribution >= 4 is 22.8 Å². The zero-order valence-electron chi connectivity index (χ0n) is 12.1.